The van der Waals surface area contributed by atoms with Crippen LogP contribution in [0.15, 0.2) is 106 Å². The van der Waals surface area contributed by atoms with E-state index < -0.39 is 43.7 Å². The molecule has 6 aromatic rings. The van der Waals surface area contributed by atoms with Crippen LogP contribution in [0.5, 0.6) is 0 Å². The lowest BCUT2D eigenvalue weighted by atomic mass is 9.71. The fraction of sp³-hybridized carbons (Fsp3) is 0.391. The van der Waals surface area contributed by atoms with Gasteiger partial charge in [-0.2, -0.15) is 5.26 Å². The SMILES string of the molecule is CC#Cc1cncc(-c2csc(C3(C)CC4(CC4c4cc(NC(=O)c5ccc(C#N)cn5)cc(C5(C)CC6(CCC(c7cc(NC(=O)c8ccc(Cl)cn8)cc(C8(C)CC9(CCCCC9)SC(N)=N8)c7F)CC6)SC(N)=N5)c4F)SC(N)=N3)c2)c1. The Labute approximate surface area is 515 Å². The van der Waals surface area contributed by atoms with Crippen molar-refractivity contribution in [2.45, 2.75) is 154 Å². The van der Waals surface area contributed by atoms with Crippen molar-refractivity contribution in [2.24, 2.45) is 32.2 Å². The minimum atomic E-state index is -1.22. The van der Waals surface area contributed by atoms with E-state index in [1.807, 2.05) is 32.2 Å². The largest absolute Gasteiger partial charge is 0.378 e. The Hall–Kier alpha value is -6.81. The number of nitrogens with two attached hydrogens (primary N) is 3. The Morgan fingerprint density at radius 3 is 1.86 bits per heavy atom. The molecule has 3 aliphatic carbocycles. The standard InChI is InChI=1S/C64H63ClF2N12O2S4/c1-5-9-36-20-39(30-72-28-36)40-21-51(82-32-40)61(4)35-64(85-58(71)79-61)26-48(64)45-23-43(76-54(80)49-12-10-37(27-68)29-73-49)25-47(53(45)67)60(3)34-63(84-57(70)78-60)18-14-38(15-19-63)44-22-42(75-55(81)50-13-11-41(65)31-74-50)24-46(52(44)66)59(2)33-62(83-56(69)77-59)16-7-6-8-17-62/h10-13,20-25,28-32,38,48H,6-8,14-19,26,33-35H2,1-4H3,(H2,69,77)(H2,70,78)(H2,71,79)(H,75,81)(H,76,80). The van der Waals surface area contributed by atoms with Crippen LogP contribution in [0, 0.1) is 34.8 Å². The molecule has 85 heavy (non-hydrogen) atoms. The van der Waals surface area contributed by atoms with Gasteiger partial charge in [0.15, 0.2) is 15.5 Å². The van der Waals surface area contributed by atoms with E-state index in [9.17, 15) is 14.9 Å². The van der Waals surface area contributed by atoms with Crippen molar-refractivity contribution in [3.05, 3.63) is 157 Å². The van der Waals surface area contributed by atoms with Gasteiger partial charge in [0.1, 0.15) is 29.1 Å². The van der Waals surface area contributed by atoms with Crippen LogP contribution < -0.4 is 27.8 Å². The topological polar surface area (TPSA) is 236 Å². The highest BCUT2D eigenvalue weighted by molar-refractivity contribution is 8.15. The summed E-state index contributed by atoms with van der Waals surface area (Å²) in [5.74, 6) is 3.64. The number of thiophene rings is 1. The van der Waals surface area contributed by atoms with Gasteiger partial charge in [0, 0.05) is 83.5 Å². The predicted molar refractivity (Wildman–Crippen MR) is 340 cm³/mol. The van der Waals surface area contributed by atoms with Gasteiger partial charge >= 0.3 is 0 Å². The molecule has 3 aliphatic heterocycles. The number of nitriles is 1. The molecule has 5 unspecified atom stereocenters. The van der Waals surface area contributed by atoms with Gasteiger partial charge in [-0.25, -0.2) is 18.7 Å². The maximum Gasteiger partial charge on any atom is 0.274 e. The number of rotatable bonds is 10. The van der Waals surface area contributed by atoms with Gasteiger partial charge in [-0.05, 0) is 181 Å². The lowest BCUT2D eigenvalue weighted by molar-refractivity contribution is 0.101. The van der Waals surface area contributed by atoms with Crippen LogP contribution in [-0.4, -0.2) is 56.5 Å². The summed E-state index contributed by atoms with van der Waals surface area (Å²) in [6.45, 7) is 7.73. The lowest BCUT2D eigenvalue weighted by Gasteiger charge is -2.47. The van der Waals surface area contributed by atoms with Crippen LogP contribution in [-0.2, 0) is 16.6 Å². The van der Waals surface area contributed by atoms with Crippen molar-refractivity contribution in [1.29, 1.82) is 5.26 Å². The van der Waals surface area contributed by atoms with Crippen molar-refractivity contribution in [3.8, 4) is 29.0 Å². The first kappa shape index (κ1) is 58.6. The van der Waals surface area contributed by atoms with Crippen LogP contribution in [0.2, 0.25) is 5.02 Å². The molecule has 2 aromatic carbocycles. The third kappa shape index (κ3) is 11.6. The molecule has 0 radical (unpaired) electrons. The van der Waals surface area contributed by atoms with E-state index in [1.54, 1.807) is 72.6 Å². The Kier molecular flexibility index (Phi) is 15.5. The molecule has 2 amide bonds. The van der Waals surface area contributed by atoms with Crippen molar-refractivity contribution in [1.82, 2.24) is 15.0 Å². The number of nitrogens with one attached hydrogen (secondary N) is 2. The Bertz CT molecular complexity index is 3900. The Balaban J connectivity index is 0.859. The van der Waals surface area contributed by atoms with E-state index in [1.165, 1.54) is 48.1 Å². The van der Waals surface area contributed by atoms with E-state index in [4.69, 9.17) is 43.8 Å². The summed E-state index contributed by atoms with van der Waals surface area (Å²) in [6.07, 6.45) is 15.9. The van der Waals surface area contributed by atoms with Crippen LogP contribution in [0.1, 0.15) is 182 Å². The van der Waals surface area contributed by atoms with Crippen LogP contribution in [0.25, 0.3) is 11.1 Å². The number of carbonyl (C=O) groups excluding carboxylic acids is 2. The number of anilines is 2. The number of thioether (sulfide) groups is 3. The number of carbonyl (C=O) groups is 2. The lowest BCUT2D eigenvalue weighted by Crippen LogP contribution is -2.44. The summed E-state index contributed by atoms with van der Waals surface area (Å²) < 4.78 is 35.0. The van der Waals surface area contributed by atoms with Gasteiger partial charge in [-0.15, -0.1) is 17.3 Å². The molecule has 21 heteroatoms. The zero-order valence-corrected chi connectivity index (χ0v) is 51.5. The fourth-order valence-electron chi connectivity index (χ4n) is 14.0. The van der Waals surface area contributed by atoms with Crippen molar-refractivity contribution >= 4 is 96.9 Å². The van der Waals surface area contributed by atoms with E-state index in [0.717, 1.165) is 53.7 Å². The third-order valence-electron chi connectivity index (χ3n) is 17.9. The van der Waals surface area contributed by atoms with E-state index >= 15 is 8.78 Å². The van der Waals surface area contributed by atoms with Gasteiger partial charge < -0.3 is 27.8 Å². The van der Waals surface area contributed by atoms with Gasteiger partial charge in [0.25, 0.3) is 11.8 Å². The number of benzene rings is 2. The molecule has 5 atom stereocenters. The molecular weight excluding hydrogens is 1170 g/mol. The van der Waals surface area contributed by atoms with E-state index in [2.05, 4.69) is 55.8 Å². The number of hydrogen-bond donors (Lipinski definition) is 5. The highest BCUT2D eigenvalue weighted by atomic mass is 35.5. The second-order valence-electron chi connectivity index (χ2n) is 24.2. The summed E-state index contributed by atoms with van der Waals surface area (Å²) in [4.78, 5) is 56.9. The van der Waals surface area contributed by atoms with Crippen LogP contribution >= 0.6 is 58.2 Å². The number of hydrogen-bond acceptors (Lipinski definition) is 16. The molecule has 8 N–H and O–H groups in total. The van der Waals surface area contributed by atoms with E-state index in [0.29, 0.717) is 106 Å². The maximum atomic E-state index is 18.3. The van der Waals surface area contributed by atoms with Crippen LogP contribution in [0.3, 0.4) is 0 Å². The molecule has 4 aromatic heterocycles. The first-order valence-corrected chi connectivity index (χ1v) is 32.2. The second-order valence-corrected chi connectivity index (χ2v) is 30.0. The van der Waals surface area contributed by atoms with Gasteiger partial charge in [-0.3, -0.25) is 29.6 Å². The average Bonchev–Trinajstić information content (AvgIpc) is 1.67. The summed E-state index contributed by atoms with van der Waals surface area (Å²) in [5, 5.41) is 19.1. The van der Waals surface area contributed by atoms with Crippen molar-refractivity contribution in [3.63, 3.8) is 0 Å². The Morgan fingerprint density at radius 2 is 1.26 bits per heavy atom. The molecule has 0 saturated heterocycles. The second kappa shape index (κ2) is 22.5. The number of pyridine rings is 3. The van der Waals surface area contributed by atoms with Gasteiger partial charge in [-0.1, -0.05) is 72.1 Å². The van der Waals surface area contributed by atoms with Gasteiger partial charge in [0.2, 0.25) is 0 Å². The summed E-state index contributed by atoms with van der Waals surface area (Å²) in [6, 6.07) is 19.2. The first-order valence-electron chi connectivity index (χ1n) is 28.5. The van der Waals surface area contributed by atoms with Crippen molar-refractivity contribution < 1.29 is 18.4 Å². The molecule has 6 aliphatic rings. The minimum absolute atomic E-state index is 0.0816. The predicted octanol–water partition coefficient (Wildman–Crippen LogP) is 14.0. The molecule has 3 fully saturated rings. The normalized spacial score (nSPS) is 27.6. The molecule has 7 heterocycles. The molecule has 14 nitrogen and oxygen atoms in total. The summed E-state index contributed by atoms with van der Waals surface area (Å²) >= 11 is 12.3. The van der Waals surface area contributed by atoms with E-state index in [-0.39, 0.29) is 39.4 Å². The quantitative estimate of drug-likeness (QED) is 0.0806. The highest BCUT2D eigenvalue weighted by Crippen LogP contribution is 2.68. The van der Waals surface area contributed by atoms with Crippen LogP contribution in [0.4, 0.5) is 20.2 Å². The number of nitrogens with zero attached hydrogens (tertiary/aromatic N) is 7. The Morgan fingerprint density at radius 1 is 0.671 bits per heavy atom. The number of halogens is 3. The van der Waals surface area contributed by atoms with Crippen molar-refractivity contribution in [2.75, 3.05) is 10.6 Å². The molecule has 3 spiro atoms. The average molecular weight is 1230 g/mol. The van der Waals surface area contributed by atoms with Gasteiger partial charge in [0.05, 0.1) is 27.2 Å². The summed E-state index contributed by atoms with van der Waals surface area (Å²) in [5.41, 5.74) is 23.0. The smallest absolute Gasteiger partial charge is 0.274 e. The maximum absolute atomic E-state index is 18.3. The zero-order valence-electron chi connectivity index (χ0n) is 47.5. The first-order chi connectivity index (χ1) is 40.6. The number of amides is 2. The fourth-order valence-corrected chi connectivity index (χ4v) is 19.7. The number of aromatic nitrogens is 3. The molecule has 12 rings (SSSR count). The summed E-state index contributed by atoms with van der Waals surface area (Å²) in [7, 11) is 0. The minimum Gasteiger partial charge on any atom is -0.378 e. The molecule has 3 saturated carbocycles. The molecule has 436 valence electrons. The zero-order chi connectivity index (χ0) is 59.7. The molecule has 0 bridgehead atoms. The number of aliphatic imine (C=N–C) groups is 3. The molecular formula is C64H63ClF2N12O2S4. The third-order valence-corrected chi connectivity index (χ3v) is 23.2. The number of amidine groups is 3. The highest BCUT2D eigenvalue weighted by Gasteiger charge is 2.62. The monoisotopic (exact) mass is 1230 g/mol.